The van der Waals surface area contributed by atoms with Gasteiger partial charge in [-0.05, 0) is 19.7 Å². The highest BCUT2D eigenvalue weighted by molar-refractivity contribution is 7.17. The van der Waals surface area contributed by atoms with Crippen LogP contribution in [0.5, 0.6) is 0 Å². The molecule has 0 bridgehead atoms. The summed E-state index contributed by atoms with van der Waals surface area (Å²) >= 11 is 0. The van der Waals surface area contributed by atoms with E-state index in [-0.39, 0.29) is 5.78 Å². The van der Waals surface area contributed by atoms with Crippen LogP contribution in [-0.2, 0) is 0 Å². The Labute approximate surface area is 81.8 Å². The van der Waals surface area contributed by atoms with Gasteiger partial charge < -0.3 is 10.0 Å². The normalized spacial score (nSPS) is 15.8. The molecule has 1 rings (SSSR count). The Bertz CT molecular complexity index is 250. The third-order valence-corrected chi connectivity index (χ3v) is 3.02. The third kappa shape index (κ3) is 2.77. The molecule has 1 aromatic carbocycles. The van der Waals surface area contributed by atoms with Crippen molar-refractivity contribution in [1.82, 2.24) is 4.90 Å². The number of likely N-dealkylation sites (N-methyl/N-ethyl adjacent to an activating group) is 1. The van der Waals surface area contributed by atoms with E-state index in [1.807, 2.05) is 49.3 Å². The summed E-state index contributed by atoms with van der Waals surface area (Å²) in [6.07, 6.45) is -0.443. The van der Waals surface area contributed by atoms with E-state index >= 15 is 0 Å². The lowest BCUT2D eigenvalue weighted by atomic mass is 10.1. The molecule has 1 unspecified atom stereocenters. The predicted octanol–water partition coefficient (Wildman–Crippen LogP) is 1.48. The van der Waals surface area contributed by atoms with E-state index in [9.17, 15) is 5.11 Å². The number of nitrogens with zero attached hydrogens (tertiary/aromatic N) is 1. The van der Waals surface area contributed by atoms with Crippen molar-refractivity contribution in [3.63, 3.8) is 0 Å². The SMILES string of the molecule is CN(C)[C@@H](P)[C@@H](O)c1ccccc1. The van der Waals surface area contributed by atoms with Crippen LogP contribution in [0.4, 0.5) is 0 Å². The maximum atomic E-state index is 9.90. The number of benzene rings is 1. The Hall–Kier alpha value is -0.430. The molecule has 0 heterocycles. The van der Waals surface area contributed by atoms with Crippen LogP contribution < -0.4 is 0 Å². The highest BCUT2D eigenvalue weighted by Gasteiger charge is 2.17. The minimum absolute atomic E-state index is 0.0578. The Morgan fingerprint density at radius 2 is 1.77 bits per heavy atom. The summed E-state index contributed by atoms with van der Waals surface area (Å²) in [4.78, 5) is 1.97. The number of rotatable bonds is 3. The van der Waals surface area contributed by atoms with E-state index in [4.69, 9.17) is 0 Å². The zero-order valence-electron chi connectivity index (χ0n) is 8.01. The van der Waals surface area contributed by atoms with Gasteiger partial charge in [-0.2, -0.15) is 0 Å². The first-order valence-electron chi connectivity index (χ1n) is 4.28. The molecule has 0 amide bonds. The van der Waals surface area contributed by atoms with E-state index in [2.05, 4.69) is 9.24 Å². The average Bonchev–Trinajstić information content (AvgIpc) is 2.17. The first kappa shape index (κ1) is 10.6. The molecule has 0 aromatic heterocycles. The van der Waals surface area contributed by atoms with Crippen molar-refractivity contribution in [1.29, 1.82) is 0 Å². The Balaban J connectivity index is 2.73. The maximum absolute atomic E-state index is 9.90. The van der Waals surface area contributed by atoms with Crippen LogP contribution in [0.25, 0.3) is 0 Å². The van der Waals surface area contributed by atoms with Crippen molar-refractivity contribution in [2.24, 2.45) is 0 Å². The average molecular weight is 197 g/mol. The lowest BCUT2D eigenvalue weighted by Crippen LogP contribution is -2.28. The number of aliphatic hydroxyl groups excluding tert-OH is 1. The second kappa shape index (κ2) is 4.71. The molecule has 13 heavy (non-hydrogen) atoms. The smallest absolute Gasteiger partial charge is 0.0979 e. The topological polar surface area (TPSA) is 23.5 Å². The van der Waals surface area contributed by atoms with Gasteiger partial charge in [-0.3, -0.25) is 0 Å². The predicted molar refractivity (Wildman–Crippen MR) is 58.6 cm³/mol. The van der Waals surface area contributed by atoms with Gasteiger partial charge in [0.25, 0.3) is 0 Å². The second-order valence-corrected chi connectivity index (χ2v) is 3.99. The Morgan fingerprint density at radius 3 is 2.23 bits per heavy atom. The van der Waals surface area contributed by atoms with Crippen LogP contribution in [0.3, 0.4) is 0 Å². The van der Waals surface area contributed by atoms with E-state index < -0.39 is 6.10 Å². The Morgan fingerprint density at radius 1 is 1.23 bits per heavy atom. The highest BCUT2D eigenvalue weighted by atomic mass is 31.0. The highest BCUT2D eigenvalue weighted by Crippen LogP contribution is 2.23. The first-order chi connectivity index (χ1) is 6.13. The molecule has 1 N–H and O–H groups in total. The van der Waals surface area contributed by atoms with Gasteiger partial charge in [-0.15, -0.1) is 9.24 Å². The Kier molecular flexibility index (Phi) is 3.86. The molecule has 0 aliphatic heterocycles. The van der Waals surface area contributed by atoms with Crippen molar-refractivity contribution in [3.05, 3.63) is 35.9 Å². The van der Waals surface area contributed by atoms with Crippen LogP contribution in [0.15, 0.2) is 30.3 Å². The molecule has 3 heteroatoms. The van der Waals surface area contributed by atoms with Gasteiger partial charge in [0, 0.05) is 0 Å². The summed E-state index contributed by atoms with van der Waals surface area (Å²) in [7, 11) is 6.53. The lowest BCUT2D eigenvalue weighted by molar-refractivity contribution is 0.120. The van der Waals surface area contributed by atoms with Crippen molar-refractivity contribution in [3.8, 4) is 0 Å². The molecular weight excluding hydrogens is 181 g/mol. The number of hydrogen-bond donors (Lipinski definition) is 1. The van der Waals surface area contributed by atoms with Gasteiger partial charge in [0.05, 0.1) is 11.9 Å². The van der Waals surface area contributed by atoms with Crippen molar-refractivity contribution >= 4 is 9.24 Å². The molecule has 3 atom stereocenters. The van der Waals surface area contributed by atoms with Crippen molar-refractivity contribution in [2.75, 3.05) is 14.1 Å². The van der Waals surface area contributed by atoms with Gasteiger partial charge in [0.2, 0.25) is 0 Å². The lowest BCUT2D eigenvalue weighted by Gasteiger charge is -2.25. The standard InChI is InChI=1S/C10H16NOP/c1-11(2)10(13)9(12)8-6-4-3-5-7-8/h3-7,9-10,12H,13H2,1-2H3/t9-,10-/m0/s1. The molecule has 0 aliphatic rings. The number of hydrogen-bond acceptors (Lipinski definition) is 2. The molecule has 0 aliphatic carbocycles. The summed E-state index contributed by atoms with van der Waals surface area (Å²) in [5.74, 6) is 0.0578. The van der Waals surface area contributed by atoms with Crippen molar-refractivity contribution < 1.29 is 5.11 Å². The fourth-order valence-corrected chi connectivity index (χ4v) is 1.35. The quantitative estimate of drug-likeness (QED) is 0.742. The molecule has 2 nitrogen and oxygen atoms in total. The summed E-state index contributed by atoms with van der Waals surface area (Å²) in [6, 6.07) is 9.69. The fourth-order valence-electron chi connectivity index (χ4n) is 1.13. The fraction of sp³-hybridized carbons (Fsp3) is 0.400. The molecule has 0 spiro atoms. The monoisotopic (exact) mass is 197 g/mol. The molecule has 0 radical (unpaired) electrons. The molecule has 0 saturated carbocycles. The van der Waals surface area contributed by atoms with Crippen LogP contribution >= 0.6 is 9.24 Å². The summed E-state index contributed by atoms with van der Waals surface area (Å²) in [6.45, 7) is 0. The first-order valence-corrected chi connectivity index (χ1v) is 4.94. The van der Waals surface area contributed by atoms with Gasteiger partial charge in [0.1, 0.15) is 0 Å². The van der Waals surface area contributed by atoms with Gasteiger partial charge in [-0.25, -0.2) is 0 Å². The number of aliphatic hydroxyl groups is 1. The van der Waals surface area contributed by atoms with Gasteiger partial charge in [0.15, 0.2) is 0 Å². The molecule has 0 saturated heterocycles. The van der Waals surface area contributed by atoms with E-state index in [0.29, 0.717) is 0 Å². The van der Waals surface area contributed by atoms with Crippen LogP contribution in [0.2, 0.25) is 0 Å². The van der Waals surface area contributed by atoms with Crippen LogP contribution in [-0.4, -0.2) is 29.9 Å². The summed E-state index contributed by atoms with van der Waals surface area (Å²) in [5, 5.41) is 9.90. The van der Waals surface area contributed by atoms with Gasteiger partial charge in [-0.1, -0.05) is 30.3 Å². The zero-order valence-corrected chi connectivity index (χ0v) is 9.17. The molecular formula is C10H16NOP. The third-order valence-electron chi connectivity index (χ3n) is 2.06. The summed E-state index contributed by atoms with van der Waals surface area (Å²) in [5.41, 5.74) is 0.955. The molecule has 1 aromatic rings. The van der Waals surface area contributed by atoms with E-state index in [1.165, 1.54) is 0 Å². The second-order valence-electron chi connectivity index (χ2n) is 3.31. The molecule has 0 fully saturated rings. The van der Waals surface area contributed by atoms with Crippen molar-refractivity contribution in [2.45, 2.75) is 11.9 Å². The van der Waals surface area contributed by atoms with E-state index in [0.717, 1.165) is 5.56 Å². The van der Waals surface area contributed by atoms with Crippen LogP contribution in [0.1, 0.15) is 11.7 Å². The maximum Gasteiger partial charge on any atom is 0.0979 e. The minimum Gasteiger partial charge on any atom is -0.386 e. The largest absolute Gasteiger partial charge is 0.386 e. The van der Waals surface area contributed by atoms with Gasteiger partial charge >= 0.3 is 0 Å². The zero-order chi connectivity index (χ0) is 9.84. The van der Waals surface area contributed by atoms with Crippen LogP contribution in [0, 0.1) is 0 Å². The minimum atomic E-state index is -0.443. The molecule has 72 valence electrons. The van der Waals surface area contributed by atoms with E-state index in [1.54, 1.807) is 0 Å². The summed E-state index contributed by atoms with van der Waals surface area (Å²) < 4.78 is 0.